The highest BCUT2D eigenvalue weighted by Crippen LogP contribution is 2.27. The molecule has 21 heavy (non-hydrogen) atoms. The van der Waals surface area contributed by atoms with Gasteiger partial charge in [-0.3, -0.25) is 0 Å². The van der Waals surface area contributed by atoms with Gasteiger partial charge in [0.2, 0.25) is 0 Å². The van der Waals surface area contributed by atoms with Crippen LogP contribution in [0.3, 0.4) is 0 Å². The van der Waals surface area contributed by atoms with Gasteiger partial charge in [0.15, 0.2) is 5.82 Å². The Hall–Kier alpha value is -2.75. The number of aromatic nitrogens is 2. The van der Waals surface area contributed by atoms with Crippen molar-refractivity contribution in [1.29, 1.82) is 0 Å². The summed E-state index contributed by atoms with van der Waals surface area (Å²) in [6.07, 6.45) is 1.95. The first-order valence-electron chi connectivity index (χ1n) is 6.74. The summed E-state index contributed by atoms with van der Waals surface area (Å²) < 4.78 is 6.97. The van der Waals surface area contributed by atoms with Crippen molar-refractivity contribution in [2.45, 2.75) is 6.92 Å². The Morgan fingerprint density at radius 1 is 1.00 bits per heavy atom. The van der Waals surface area contributed by atoms with E-state index >= 15 is 0 Å². The van der Waals surface area contributed by atoms with Gasteiger partial charge >= 0.3 is 0 Å². The Labute approximate surface area is 123 Å². The molecule has 0 atom stereocenters. The van der Waals surface area contributed by atoms with Crippen molar-refractivity contribution < 1.29 is 4.74 Å². The topological polar surface area (TPSA) is 53.1 Å². The summed E-state index contributed by atoms with van der Waals surface area (Å²) in [4.78, 5) is 0. The summed E-state index contributed by atoms with van der Waals surface area (Å²) in [6, 6.07) is 16.0. The summed E-state index contributed by atoms with van der Waals surface area (Å²) in [5.74, 6) is 1.34. The number of hydrogen-bond acceptors (Lipinski definition) is 3. The van der Waals surface area contributed by atoms with Crippen molar-refractivity contribution in [2.24, 2.45) is 0 Å². The van der Waals surface area contributed by atoms with Gasteiger partial charge in [-0.15, -0.1) is 0 Å². The first-order valence-corrected chi connectivity index (χ1v) is 6.74. The lowest BCUT2D eigenvalue weighted by Gasteiger charge is -2.02. The molecule has 106 valence electrons. The molecular formula is C17H17N3O. The monoisotopic (exact) mass is 279 g/mol. The van der Waals surface area contributed by atoms with Crippen LogP contribution in [0.2, 0.25) is 0 Å². The van der Waals surface area contributed by atoms with E-state index in [4.69, 9.17) is 10.5 Å². The lowest BCUT2D eigenvalue weighted by atomic mass is 10.1. The average Bonchev–Trinajstić information content (AvgIpc) is 2.90. The van der Waals surface area contributed by atoms with Gasteiger partial charge < -0.3 is 10.5 Å². The van der Waals surface area contributed by atoms with Crippen molar-refractivity contribution >= 4 is 5.82 Å². The van der Waals surface area contributed by atoms with E-state index in [-0.39, 0.29) is 0 Å². The lowest BCUT2D eigenvalue weighted by Crippen LogP contribution is -1.95. The second-order valence-corrected chi connectivity index (χ2v) is 4.94. The number of aryl methyl sites for hydroxylation is 1. The van der Waals surface area contributed by atoms with Crippen molar-refractivity contribution in [3.63, 3.8) is 0 Å². The predicted octanol–water partition coefficient (Wildman–Crippen LogP) is 3.44. The number of rotatable bonds is 3. The maximum Gasteiger partial charge on any atom is 0.153 e. The zero-order valence-electron chi connectivity index (χ0n) is 12.1. The molecular weight excluding hydrogens is 262 g/mol. The van der Waals surface area contributed by atoms with Crippen LogP contribution in [0.5, 0.6) is 5.75 Å². The smallest absolute Gasteiger partial charge is 0.153 e. The zero-order chi connectivity index (χ0) is 14.8. The molecule has 4 heteroatoms. The van der Waals surface area contributed by atoms with Crippen molar-refractivity contribution in [3.8, 4) is 22.6 Å². The quantitative estimate of drug-likeness (QED) is 0.799. The number of nitrogens with two attached hydrogens (primary N) is 1. The highest BCUT2D eigenvalue weighted by Gasteiger charge is 2.09. The van der Waals surface area contributed by atoms with E-state index in [1.165, 1.54) is 5.56 Å². The molecule has 0 aliphatic carbocycles. The Morgan fingerprint density at radius 2 is 1.67 bits per heavy atom. The summed E-state index contributed by atoms with van der Waals surface area (Å²) in [6.45, 7) is 2.06. The number of ether oxygens (including phenoxy) is 1. The number of methoxy groups -OCH3 is 1. The standard InChI is InChI=1S/C17H17N3O/c1-12-3-7-14(8-4-12)20-11-16(17(18)19-20)13-5-9-15(21-2)10-6-13/h3-11H,1-2H3,(H2,18,19). The average molecular weight is 279 g/mol. The molecule has 0 bridgehead atoms. The van der Waals surface area contributed by atoms with Crippen LogP contribution in [0.15, 0.2) is 54.7 Å². The third-order valence-electron chi connectivity index (χ3n) is 3.44. The normalized spacial score (nSPS) is 10.6. The van der Waals surface area contributed by atoms with E-state index < -0.39 is 0 Å². The summed E-state index contributed by atoms with van der Waals surface area (Å²) >= 11 is 0. The van der Waals surface area contributed by atoms with Gasteiger partial charge in [0.1, 0.15) is 5.75 Å². The summed E-state index contributed by atoms with van der Waals surface area (Å²) in [5, 5.41) is 4.39. The maximum atomic E-state index is 6.05. The van der Waals surface area contributed by atoms with Crippen molar-refractivity contribution in [2.75, 3.05) is 12.8 Å². The van der Waals surface area contributed by atoms with Gasteiger partial charge in [-0.1, -0.05) is 29.8 Å². The van der Waals surface area contributed by atoms with Crippen LogP contribution < -0.4 is 10.5 Å². The lowest BCUT2D eigenvalue weighted by molar-refractivity contribution is 0.415. The molecule has 3 rings (SSSR count). The van der Waals surface area contributed by atoms with Crippen molar-refractivity contribution in [1.82, 2.24) is 9.78 Å². The zero-order valence-corrected chi connectivity index (χ0v) is 12.1. The first kappa shape index (κ1) is 13.2. The largest absolute Gasteiger partial charge is 0.497 e. The molecule has 0 amide bonds. The van der Waals surface area contributed by atoms with Crippen LogP contribution in [-0.2, 0) is 0 Å². The van der Waals surface area contributed by atoms with Crippen LogP contribution in [0.25, 0.3) is 16.8 Å². The van der Waals surface area contributed by atoms with Crippen LogP contribution in [0, 0.1) is 6.92 Å². The molecule has 0 aliphatic heterocycles. The summed E-state index contributed by atoms with van der Waals surface area (Å²) in [7, 11) is 1.65. The first-order chi connectivity index (χ1) is 10.2. The van der Waals surface area contributed by atoms with E-state index in [2.05, 4.69) is 24.2 Å². The van der Waals surface area contributed by atoms with E-state index in [1.807, 2.05) is 42.6 Å². The SMILES string of the molecule is COc1ccc(-c2cn(-c3ccc(C)cc3)nc2N)cc1. The fourth-order valence-electron chi connectivity index (χ4n) is 2.21. The number of hydrogen-bond donors (Lipinski definition) is 1. The molecule has 0 spiro atoms. The minimum absolute atomic E-state index is 0.515. The van der Waals surface area contributed by atoms with Gasteiger partial charge in [0, 0.05) is 11.8 Å². The second-order valence-electron chi connectivity index (χ2n) is 4.94. The molecule has 0 unspecified atom stereocenters. The molecule has 0 saturated carbocycles. The van der Waals surface area contributed by atoms with Crippen LogP contribution >= 0.6 is 0 Å². The Bertz CT molecular complexity index is 743. The predicted molar refractivity (Wildman–Crippen MR) is 84.7 cm³/mol. The molecule has 2 aromatic carbocycles. The highest BCUT2D eigenvalue weighted by molar-refractivity contribution is 5.74. The van der Waals surface area contributed by atoms with Gasteiger partial charge in [0.05, 0.1) is 12.8 Å². The van der Waals surface area contributed by atoms with Crippen LogP contribution in [-0.4, -0.2) is 16.9 Å². The minimum atomic E-state index is 0.515. The van der Waals surface area contributed by atoms with E-state index in [0.29, 0.717) is 5.82 Å². The van der Waals surface area contributed by atoms with E-state index in [9.17, 15) is 0 Å². The number of benzene rings is 2. The van der Waals surface area contributed by atoms with Crippen LogP contribution in [0.4, 0.5) is 5.82 Å². The van der Waals surface area contributed by atoms with E-state index in [0.717, 1.165) is 22.6 Å². The van der Waals surface area contributed by atoms with E-state index in [1.54, 1.807) is 11.8 Å². The van der Waals surface area contributed by atoms with Gasteiger partial charge in [-0.05, 0) is 36.8 Å². The molecule has 0 fully saturated rings. The number of nitrogens with zero attached hydrogens (tertiary/aromatic N) is 2. The molecule has 1 aromatic heterocycles. The Balaban J connectivity index is 1.98. The second kappa shape index (κ2) is 5.32. The minimum Gasteiger partial charge on any atom is -0.497 e. The van der Waals surface area contributed by atoms with Crippen LogP contribution in [0.1, 0.15) is 5.56 Å². The number of nitrogen functional groups attached to an aromatic ring is 1. The molecule has 0 saturated heterocycles. The highest BCUT2D eigenvalue weighted by atomic mass is 16.5. The third-order valence-corrected chi connectivity index (χ3v) is 3.44. The Morgan fingerprint density at radius 3 is 2.29 bits per heavy atom. The Kier molecular flexibility index (Phi) is 3.36. The molecule has 3 aromatic rings. The molecule has 0 aliphatic rings. The number of anilines is 1. The molecule has 1 heterocycles. The van der Waals surface area contributed by atoms with Gasteiger partial charge in [-0.2, -0.15) is 5.10 Å². The van der Waals surface area contributed by atoms with Gasteiger partial charge in [0.25, 0.3) is 0 Å². The fraction of sp³-hybridized carbons (Fsp3) is 0.118. The molecule has 4 nitrogen and oxygen atoms in total. The van der Waals surface area contributed by atoms with Gasteiger partial charge in [-0.25, -0.2) is 4.68 Å². The third kappa shape index (κ3) is 2.60. The molecule has 2 N–H and O–H groups in total. The summed E-state index contributed by atoms with van der Waals surface area (Å²) in [5.41, 5.74) is 10.2. The molecule has 0 radical (unpaired) electrons. The van der Waals surface area contributed by atoms with Crippen molar-refractivity contribution in [3.05, 3.63) is 60.3 Å². The fourth-order valence-corrected chi connectivity index (χ4v) is 2.21. The maximum absolute atomic E-state index is 6.05.